The highest BCUT2D eigenvalue weighted by Gasteiger charge is 2.30. The topological polar surface area (TPSA) is 237 Å². The van der Waals surface area contributed by atoms with Crippen LogP contribution in [0.3, 0.4) is 0 Å². The largest absolute Gasteiger partial charge is 0.472 e. The number of ether oxygens (including phenoxy) is 4. The van der Waals surface area contributed by atoms with Gasteiger partial charge >= 0.3 is 39.5 Å². The van der Waals surface area contributed by atoms with E-state index in [-0.39, 0.29) is 25.7 Å². The molecular weight excluding hydrogens is 1410 g/mol. The number of unbranched alkanes of at least 4 members (excludes halogenated alkanes) is 65. The maximum Gasteiger partial charge on any atom is 0.472 e. The molecule has 3 N–H and O–H groups in total. The van der Waals surface area contributed by atoms with Gasteiger partial charge in [0.2, 0.25) is 0 Å². The smallest absolute Gasteiger partial charge is 0.462 e. The van der Waals surface area contributed by atoms with Crippen LogP contribution in [-0.2, 0) is 65.4 Å². The Morgan fingerprint density at radius 1 is 0.220 bits per heavy atom. The molecule has 0 aromatic heterocycles. The van der Waals surface area contributed by atoms with Crippen LogP contribution in [0.5, 0.6) is 0 Å². The molecule has 0 saturated heterocycles. The predicted molar refractivity (Wildman–Crippen MR) is 451 cm³/mol. The van der Waals surface area contributed by atoms with Crippen molar-refractivity contribution in [2.75, 3.05) is 39.6 Å². The molecule has 17 nitrogen and oxygen atoms in total. The van der Waals surface area contributed by atoms with Gasteiger partial charge in [-0.25, -0.2) is 9.13 Å². The minimum absolute atomic E-state index is 0.109. The molecule has 0 aromatic carbocycles. The average molecular weight is 1590 g/mol. The zero-order chi connectivity index (χ0) is 79.6. The number of rotatable bonds is 91. The molecule has 0 bridgehead atoms. The zero-order valence-corrected chi connectivity index (χ0v) is 73.3. The summed E-state index contributed by atoms with van der Waals surface area (Å²) in [6.07, 6.45) is 81.0. The highest BCUT2D eigenvalue weighted by Crippen LogP contribution is 2.45. The summed E-state index contributed by atoms with van der Waals surface area (Å²) in [5, 5.41) is 10.7. The number of esters is 4. The van der Waals surface area contributed by atoms with E-state index in [1.165, 1.54) is 315 Å². The Hall–Kier alpha value is -1.94. The second-order valence-electron chi connectivity index (χ2n) is 32.3. The summed E-state index contributed by atoms with van der Waals surface area (Å²) >= 11 is 0. The van der Waals surface area contributed by atoms with Crippen molar-refractivity contribution in [3.8, 4) is 0 Å². The van der Waals surface area contributed by atoms with Gasteiger partial charge in [-0.1, -0.05) is 445 Å². The van der Waals surface area contributed by atoms with Gasteiger partial charge in [0.15, 0.2) is 12.2 Å². The van der Waals surface area contributed by atoms with Crippen LogP contribution < -0.4 is 0 Å². The normalized spacial score (nSPS) is 13.6. The van der Waals surface area contributed by atoms with Crippen molar-refractivity contribution in [1.29, 1.82) is 0 Å². The second kappa shape index (κ2) is 84.0. The SMILES string of the molecule is CCCCCCCCCCCCCCCCCCCCCCCC(=O)OC[C@H](COP(=O)(O)OC[C@@H](O)COP(=O)(O)OC[C@@H](COC(=O)CCCCCCCCC)OC(=O)CCCCCCCCCCCCCCCCCCCCCC)OC(=O)CCCCCCCCCCCCCCCCCCCCCCC. The third kappa shape index (κ3) is 83.8. The van der Waals surface area contributed by atoms with Crippen molar-refractivity contribution >= 4 is 39.5 Å². The quantitative estimate of drug-likeness (QED) is 0.0222. The Kier molecular flexibility index (Phi) is 82.5. The van der Waals surface area contributed by atoms with Crippen LogP contribution in [0.15, 0.2) is 0 Å². The second-order valence-corrected chi connectivity index (χ2v) is 35.3. The molecule has 0 amide bonds. The molecule has 0 aliphatic carbocycles. The Balaban J connectivity index is 5.13. The van der Waals surface area contributed by atoms with Gasteiger partial charge in [0.05, 0.1) is 26.4 Å². The minimum atomic E-state index is -4.97. The lowest BCUT2D eigenvalue weighted by molar-refractivity contribution is -0.161. The Labute approximate surface area is 670 Å². The number of carbonyl (C=O) groups excluding carboxylic acids is 4. The maximum absolute atomic E-state index is 13.2. The summed E-state index contributed by atoms with van der Waals surface area (Å²) in [5.74, 6) is -2.10. The standard InChI is InChI=1S/C90H176O17P2/c1-5-9-13-17-21-24-27-30-33-36-39-42-45-47-50-53-56-59-63-67-71-75-88(93)101-81-86(107-90(95)77-73-69-65-61-58-55-52-49-46-43-40-37-34-31-28-25-22-18-14-10-6-2)83-105-109(98,99)103-79-84(91)78-102-108(96,97)104-82-85(80-100-87(92)74-70-66-62-20-16-12-8-4)106-89(94)76-72-68-64-60-57-54-51-48-44-41-38-35-32-29-26-23-19-15-11-7-3/h84-86,91H,5-83H2,1-4H3,(H,96,97)(H,98,99)/t84-,85+,86+/m0/s1. The van der Waals surface area contributed by atoms with Gasteiger partial charge in [0.25, 0.3) is 0 Å². The summed E-state index contributed by atoms with van der Waals surface area (Å²) in [7, 11) is -9.93. The lowest BCUT2D eigenvalue weighted by Crippen LogP contribution is -2.30. The van der Waals surface area contributed by atoms with Gasteiger partial charge in [-0.2, -0.15) is 0 Å². The van der Waals surface area contributed by atoms with Crippen molar-refractivity contribution in [1.82, 2.24) is 0 Å². The lowest BCUT2D eigenvalue weighted by atomic mass is 10.0. The third-order valence-corrected chi connectivity index (χ3v) is 23.3. The van der Waals surface area contributed by atoms with Gasteiger partial charge in [-0.3, -0.25) is 37.3 Å². The fourth-order valence-electron chi connectivity index (χ4n) is 14.2. The molecule has 0 aromatic rings. The predicted octanol–water partition coefficient (Wildman–Crippen LogP) is 28.1. The Bertz CT molecular complexity index is 2050. The number of aliphatic hydroxyl groups excluding tert-OH is 1. The van der Waals surface area contributed by atoms with E-state index in [0.717, 1.165) is 103 Å². The molecule has 19 heteroatoms. The minimum Gasteiger partial charge on any atom is -0.462 e. The molecule has 109 heavy (non-hydrogen) atoms. The Morgan fingerprint density at radius 2 is 0.367 bits per heavy atom. The maximum atomic E-state index is 13.2. The molecule has 0 saturated carbocycles. The van der Waals surface area contributed by atoms with Gasteiger partial charge in [0, 0.05) is 25.7 Å². The molecule has 0 rings (SSSR count). The van der Waals surface area contributed by atoms with Crippen LogP contribution >= 0.6 is 15.6 Å². The highest BCUT2D eigenvalue weighted by atomic mass is 31.2. The van der Waals surface area contributed by atoms with Crippen LogP contribution in [0, 0.1) is 0 Å². The van der Waals surface area contributed by atoms with Gasteiger partial charge in [-0.15, -0.1) is 0 Å². The van der Waals surface area contributed by atoms with Crippen LogP contribution in [0.1, 0.15) is 496 Å². The average Bonchev–Trinajstić information content (AvgIpc) is 0.902. The molecule has 0 spiro atoms. The first-order valence-electron chi connectivity index (χ1n) is 46.8. The summed E-state index contributed by atoms with van der Waals surface area (Å²) in [6, 6.07) is 0. The van der Waals surface area contributed by atoms with Gasteiger partial charge in [-0.05, 0) is 25.7 Å². The fraction of sp³-hybridized carbons (Fsp3) is 0.956. The third-order valence-electron chi connectivity index (χ3n) is 21.4. The molecule has 648 valence electrons. The van der Waals surface area contributed by atoms with E-state index in [2.05, 4.69) is 27.7 Å². The molecule has 0 radical (unpaired) electrons. The van der Waals surface area contributed by atoms with Crippen molar-refractivity contribution in [2.24, 2.45) is 0 Å². The summed E-state index contributed by atoms with van der Waals surface area (Å²) < 4.78 is 68.9. The van der Waals surface area contributed by atoms with E-state index in [1.54, 1.807) is 0 Å². The van der Waals surface area contributed by atoms with E-state index in [9.17, 15) is 43.2 Å². The van der Waals surface area contributed by atoms with Crippen molar-refractivity contribution in [3.05, 3.63) is 0 Å². The summed E-state index contributed by atoms with van der Waals surface area (Å²) in [5.41, 5.74) is 0. The molecule has 2 unspecified atom stereocenters. The number of phosphoric acid groups is 2. The van der Waals surface area contributed by atoms with Crippen LogP contribution in [-0.4, -0.2) is 96.7 Å². The van der Waals surface area contributed by atoms with E-state index in [0.29, 0.717) is 25.7 Å². The molecule has 0 heterocycles. The number of hydrogen-bond acceptors (Lipinski definition) is 15. The van der Waals surface area contributed by atoms with Crippen molar-refractivity contribution < 1.29 is 80.2 Å². The molecule has 0 aliphatic heterocycles. The van der Waals surface area contributed by atoms with Gasteiger partial charge in [0.1, 0.15) is 19.3 Å². The number of aliphatic hydroxyl groups is 1. The monoisotopic (exact) mass is 1590 g/mol. The number of hydrogen-bond donors (Lipinski definition) is 3. The Morgan fingerprint density at radius 3 is 0.541 bits per heavy atom. The van der Waals surface area contributed by atoms with E-state index < -0.39 is 97.5 Å². The highest BCUT2D eigenvalue weighted by molar-refractivity contribution is 7.47. The number of phosphoric ester groups is 2. The van der Waals surface area contributed by atoms with Crippen molar-refractivity contribution in [3.63, 3.8) is 0 Å². The molecular formula is C90H176O17P2. The summed E-state index contributed by atoms with van der Waals surface area (Å²) in [4.78, 5) is 73.2. The molecule has 0 fully saturated rings. The lowest BCUT2D eigenvalue weighted by Gasteiger charge is -2.21. The molecule has 5 atom stereocenters. The molecule has 0 aliphatic rings. The van der Waals surface area contributed by atoms with Gasteiger partial charge < -0.3 is 33.8 Å². The van der Waals surface area contributed by atoms with Crippen LogP contribution in [0.2, 0.25) is 0 Å². The van der Waals surface area contributed by atoms with E-state index in [1.807, 2.05) is 0 Å². The van der Waals surface area contributed by atoms with E-state index in [4.69, 9.17) is 37.0 Å². The van der Waals surface area contributed by atoms with Crippen LogP contribution in [0.4, 0.5) is 0 Å². The van der Waals surface area contributed by atoms with E-state index >= 15 is 0 Å². The van der Waals surface area contributed by atoms with Crippen molar-refractivity contribution in [2.45, 2.75) is 515 Å². The van der Waals surface area contributed by atoms with Crippen LogP contribution in [0.25, 0.3) is 0 Å². The fourth-order valence-corrected chi connectivity index (χ4v) is 15.8. The first kappa shape index (κ1) is 107. The summed E-state index contributed by atoms with van der Waals surface area (Å²) in [6.45, 7) is 5.03. The number of carbonyl (C=O) groups is 4. The first-order chi connectivity index (χ1) is 53.2. The first-order valence-corrected chi connectivity index (χ1v) is 49.8. The zero-order valence-electron chi connectivity index (χ0n) is 71.5.